The van der Waals surface area contributed by atoms with Gasteiger partial charge in [0.1, 0.15) is 11.5 Å². The van der Waals surface area contributed by atoms with Crippen molar-refractivity contribution in [1.29, 1.82) is 0 Å². The standard InChI is InChI=1S/C18H22N6O/c1-23-12-15(10-21-23)17-8-16(25-22-17)13-24-7-5-14(11-24)9-20-18-4-2-3-6-19-18/h2-4,6,8,10,12,14H,5,7,9,11,13H2,1H3,(H,19,20)/t14-/m0/s1. The molecule has 1 atom stereocenters. The Morgan fingerprint density at radius 1 is 1.36 bits per heavy atom. The van der Waals surface area contributed by atoms with Crippen LogP contribution in [0.3, 0.4) is 0 Å². The second-order valence-corrected chi connectivity index (χ2v) is 6.57. The number of pyridine rings is 1. The molecule has 0 radical (unpaired) electrons. The lowest BCUT2D eigenvalue weighted by Gasteiger charge is -2.14. The van der Waals surface area contributed by atoms with Crippen molar-refractivity contribution in [2.75, 3.05) is 25.0 Å². The first kappa shape index (κ1) is 15.8. The average molecular weight is 338 g/mol. The molecule has 1 saturated heterocycles. The molecule has 3 aromatic rings. The van der Waals surface area contributed by atoms with Gasteiger partial charge in [-0.3, -0.25) is 9.58 Å². The third kappa shape index (κ3) is 3.88. The maximum atomic E-state index is 5.50. The largest absolute Gasteiger partial charge is 0.370 e. The highest BCUT2D eigenvalue weighted by atomic mass is 16.5. The van der Waals surface area contributed by atoms with E-state index in [1.165, 1.54) is 6.42 Å². The van der Waals surface area contributed by atoms with E-state index in [0.29, 0.717) is 5.92 Å². The van der Waals surface area contributed by atoms with E-state index in [1.54, 1.807) is 10.9 Å². The van der Waals surface area contributed by atoms with Crippen LogP contribution in [0, 0.1) is 5.92 Å². The average Bonchev–Trinajstić information content (AvgIpc) is 3.36. The molecule has 7 heteroatoms. The summed E-state index contributed by atoms with van der Waals surface area (Å²) in [7, 11) is 1.90. The maximum absolute atomic E-state index is 5.50. The summed E-state index contributed by atoms with van der Waals surface area (Å²) in [6.07, 6.45) is 6.74. The third-order valence-electron chi connectivity index (χ3n) is 4.55. The van der Waals surface area contributed by atoms with E-state index < -0.39 is 0 Å². The molecule has 0 aromatic carbocycles. The van der Waals surface area contributed by atoms with Gasteiger partial charge in [0.05, 0.1) is 12.7 Å². The van der Waals surface area contributed by atoms with Crippen LogP contribution in [0.15, 0.2) is 47.4 Å². The third-order valence-corrected chi connectivity index (χ3v) is 4.55. The molecular weight excluding hydrogens is 316 g/mol. The van der Waals surface area contributed by atoms with Crippen molar-refractivity contribution in [3.05, 3.63) is 48.6 Å². The van der Waals surface area contributed by atoms with Crippen molar-refractivity contribution >= 4 is 5.82 Å². The first-order valence-electron chi connectivity index (χ1n) is 8.58. The van der Waals surface area contributed by atoms with Crippen LogP contribution < -0.4 is 5.32 Å². The molecule has 0 aliphatic carbocycles. The van der Waals surface area contributed by atoms with Crippen LogP contribution in [-0.4, -0.2) is 44.5 Å². The Kier molecular flexibility index (Phi) is 4.47. The summed E-state index contributed by atoms with van der Waals surface area (Å²) >= 11 is 0. The van der Waals surface area contributed by atoms with Crippen LogP contribution in [0.1, 0.15) is 12.2 Å². The van der Waals surface area contributed by atoms with E-state index >= 15 is 0 Å². The van der Waals surface area contributed by atoms with Crippen molar-refractivity contribution in [2.45, 2.75) is 13.0 Å². The molecule has 0 saturated carbocycles. The number of hydrogen-bond acceptors (Lipinski definition) is 6. The van der Waals surface area contributed by atoms with Gasteiger partial charge >= 0.3 is 0 Å². The van der Waals surface area contributed by atoms with Crippen LogP contribution in [0.2, 0.25) is 0 Å². The van der Waals surface area contributed by atoms with Gasteiger partial charge in [0.25, 0.3) is 0 Å². The Morgan fingerprint density at radius 3 is 3.12 bits per heavy atom. The first-order valence-corrected chi connectivity index (χ1v) is 8.58. The van der Waals surface area contributed by atoms with Crippen LogP contribution in [-0.2, 0) is 13.6 Å². The lowest BCUT2D eigenvalue weighted by Crippen LogP contribution is -2.22. The van der Waals surface area contributed by atoms with Gasteiger partial charge in [-0.25, -0.2) is 4.98 Å². The Labute approximate surface area is 146 Å². The predicted molar refractivity (Wildman–Crippen MR) is 94.8 cm³/mol. The normalized spacial score (nSPS) is 17.9. The summed E-state index contributed by atoms with van der Waals surface area (Å²) in [6, 6.07) is 7.94. The van der Waals surface area contributed by atoms with Crippen molar-refractivity contribution in [1.82, 2.24) is 24.8 Å². The number of nitrogens with one attached hydrogen (secondary N) is 1. The summed E-state index contributed by atoms with van der Waals surface area (Å²) in [5.41, 5.74) is 1.83. The zero-order chi connectivity index (χ0) is 17.1. The molecule has 1 fully saturated rings. The Bertz CT molecular complexity index is 812. The highest BCUT2D eigenvalue weighted by Crippen LogP contribution is 2.22. The first-order chi connectivity index (χ1) is 12.3. The van der Waals surface area contributed by atoms with Crippen molar-refractivity contribution in [3.8, 4) is 11.3 Å². The number of likely N-dealkylation sites (tertiary alicyclic amines) is 1. The van der Waals surface area contributed by atoms with Crippen molar-refractivity contribution < 1.29 is 4.52 Å². The summed E-state index contributed by atoms with van der Waals surface area (Å²) in [5.74, 6) is 2.47. The fourth-order valence-corrected chi connectivity index (χ4v) is 3.24. The Hall–Kier alpha value is -2.67. The topological polar surface area (TPSA) is 72.0 Å². The number of nitrogens with zero attached hydrogens (tertiary/aromatic N) is 5. The lowest BCUT2D eigenvalue weighted by molar-refractivity contribution is 0.267. The number of aryl methyl sites for hydroxylation is 1. The van der Waals surface area contributed by atoms with Crippen molar-refractivity contribution in [2.24, 2.45) is 13.0 Å². The summed E-state index contributed by atoms with van der Waals surface area (Å²) in [5, 5.41) is 11.8. The highest BCUT2D eigenvalue weighted by molar-refractivity contribution is 5.56. The zero-order valence-corrected chi connectivity index (χ0v) is 14.3. The molecule has 0 bridgehead atoms. The number of rotatable bonds is 6. The minimum absolute atomic E-state index is 0.628. The highest BCUT2D eigenvalue weighted by Gasteiger charge is 2.23. The van der Waals surface area contributed by atoms with E-state index in [0.717, 1.165) is 49.0 Å². The van der Waals surface area contributed by atoms with Gasteiger partial charge < -0.3 is 9.84 Å². The maximum Gasteiger partial charge on any atom is 0.151 e. The van der Waals surface area contributed by atoms with E-state index in [9.17, 15) is 0 Å². The molecule has 1 aliphatic rings. The van der Waals surface area contributed by atoms with Gasteiger partial charge in [-0.1, -0.05) is 11.2 Å². The molecule has 1 aliphatic heterocycles. The van der Waals surface area contributed by atoms with Gasteiger partial charge in [0.15, 0.2) is 5.76 Å². The molecule has 4 heterocycles. The van der Waals surface area contributed by atoms with E-state index in [4.69, 9.17) is 4.52 Å². The Balaban J connectivity index is 1.29. The molecule has 3 aromatic heterocycles. The van der Waals surface area contributed by atoms with Crippen LogP contribution in [0.5, 0.6) is 0 Å². The molecule has 0 spiro atoms. The molecular formula is C18H22N6O. The molecule has 25 heavy (non-hydrogen) atoms. The lowest BCUT2D eigenvalue weighted by atomic mass is 10.1. The van der Waals surface area contributed by atoms with Gasteiger partial charge in [0.2, 0.25) is 0 Å². The molecule has 1 N–H and O–H groups in total. The van der Waals surface area contributed by atoms with Gasteiger partial charge in [-0.2, -0.15) is 5.10 Å². The van der Waals surface area contributed by atoms with Crippen LogP contribution in [0.25, 0.3) is 11.3 Å². The minimum atomic E-state index is 0.628. The minimum Gasteiger partial charge on any atom is -0.370 e. The van der Waals surface area contributed by atoms with Crippen LogP contribution >= 0.6 is 0 Å². The second kappa shape index (κ2) is 7.06. The van der Waals surface area contributed by atoms with Gasteiger partial charge in [-0.15, -0.1) is 0 Å². The van der Waals surface area contributed by atoms with Gasteiger partial charge in [-0.05, 0) is 31.0 Å². The molecule has 7 nitrogen and oxygen atoms in total. The fourth-order valence-electron chi connectivity index (χ4n) is 3.24. The van der Waals surface area contributed by atoms with E-state index in [-0.39, 0.29) is 0 Å². The predicted octanol–water partition coefficient (Wildman–Crippen LogP) is 2.40. The number of aromatic nitrogens is 4. The number of hydrogen-bond donors (Lipinski definition) is 1. The molecule has 0 amide bonds. The van der Waals surface area contributed by atoms with Crippen LogP contribution in [0.4, 0.5) is 5.82 Å². The second-order valence-electron chi connectivity index (χ2n) is 6.57. The summed E-state index contributed by atoms with van der Waals surface area (Å²) < 4.78 is 7.27. The Morgan fingerprint density at radius 2 is 2.32 bits per heavy atom. The number of anilines is 1. The monoisotopic (exact) mass is 338 g/mol. The van der Waals surface area contributed by atoms with E-state index in [1.807, 2.05) is 43.7 Å². The smallest absolute Gasteiger partial charge is 0.151 e. The van der Waals surface area contributed by atoms with Gasteiger partial charge in [0, 0.05) is 44.2 Å². The molecule has 130 valence electrons. The zero-order valence-electron chi connectivity index (χ0n) is 14.3. The molecule has 4 rings (SSSR count). The van der Waals surface area contributed by atoms with E-state index in [2.05, 4.69) is 25.5 Å². The summed E-state index contributed by atoms with van der Waals surface area (Å²) in [4.78, 5) is 6.72. The fraction of sp³-hybridized carbons (Fsp3) is 0.389. The SMILES string of the molecule is Cn1cc(-c2cc(CN3CC[C@@H](CNc4ccccn4)C3)on2)cn1. The molecule has 0 unspecified atom stereocenters. The quantitative estimate of drug-likeness (QED) is 0.744. The summed E-state index contributed by atoms with van der Waals surface area (Å²) in [6.45, 7) is 3.89. The van der Waals surface area contributed by atoms with Crippen molar-refractivity contribution in [3.63, 3.8) is 0 Å².